The van der Waals surface area contributed by atoms with Gasteiger partial charge in [-0.2, -0.15) is 0 Å². The minimum atomic E-state index is -1.13. The van der Waals surface area contributed by atoms with Gasteiger partial charge in [0.05, 0.1) is 24.3 Å². The molecule has 0 radical (unpaired) electrons. The Hall–Kier alpha value is -2.71. The average molecular weight is 471 g/mol. The van der Waals surface area contributed by atoms with E-state index < -0.39 is 17.5 Å². The van der Waals surface area contributed by atoms with E-state index in [4.69, 9.17) is 10.5 Å². The number of carbonyl (C=O) groups is 3. The van der Waals surface area contributed by atoms with Crippen LogP contribution in [0.1, 0.15) is 58.4 Å². The van der Waals surface area contributed by atoms with Crippen LogP contribution in [-0.2, 0) is 25.7 Å². The summed E-state index contributed by atoms with van der Waals surface area (Å²) < 4.78 is 5.82. The minimum absolute atomic E-state index is 0.0212. The first-order chi connectivity index (χ1) is 16.1. The quantitative estimate of drug-likeness (QED) is 0.484. The normalized spacial score (nSPS) is 18.2. The lowest BCUT2D eigenvalue weighted by Gasteiger charge is -2.38. The lowest BCUT2D eigenvalue weighted by Crippen LogP contribution is -2.58. The fourth-order valence-corrected chi connectivity index (χ4v) is 4.61. The zero-order valence-corrected chi connectivity index (χ0v) is 20.6. The van der Waals surface area contributed by atoms with Gasteiger partial charge in [-0.3, -0.25) is 14.4 Å². The molecule has 8 heteroatoms. The number of amides is 3. The van der Waals surface area contributed by atoms with E-state index in [9.17, 15) is 14.4 Å². The predicted molar refractivity (Wildman–Crippen MR) is 131 cm³/mol. The fraction of sp³-hybridized carbons (Fsp3) is 0.577. The minimum Gasteiger partial charge on any atom is -0.374 e. The maximum absolute atomic E-state index is 13.6. The Labute approximate surface area is 202 Å². The van der Waals surface area contributed by atoms with Crippen LogP contribution in [-0.4, -0.2) is 59.4 Å². The van der Waals surface area contributed by atoms with Crippen molar-refractivity contribution in [2.75, 3.05) is 19.7 Å². The van der Waals surface area contributed by atoms with Crippen molar-refractivity contribution in [1.82, 2.24) is 15.5 Å². The zero-order chi connectivity index (χ0) is 24.8. The number of nitrogens with zero attached hydrogens (tertiary/aromatic N) is 1. The second-order valence-corrected chi connectivity index (χ2v) is 9.90. The summed E-state index contributed by atoms with van der Waals surface area (Å²) in [6.07, 6.45) is 6.67. The van der Waals surface area contributed by atoms with Crippen molar-refractivity contribution in [2.45, 2.75) is 76.6 Å². The molecule has 1 aliphatic heterocycles. The standard InChI is InChI=1S/C26H38N4O4/c1-4-30(16-20-15-22(31)29-26(20)13-9-6-10-14-26)23(32)21(28-24(33)25(2,3)27)18-34-17-19-11-7-5-8-12-19/h5,7-8,11-12,15,21H,4,6,9-10,13-14,16-18,27H2,1-3H3,(H,28,33)(H,29,31). The summed E-state index contributed by atoms with van der Waals surface area (Å²) in [5, 5.41) is 5.92. The molecular formula is C26H38N4O4. The van der Waals surface area contributed by atoms with E-state index in [1.165, 1.54) is 0 Å². The van der Waals surface area contributed by atoms with Crippen molar-refractivity contribution in [2.24, 2.45) is 5.73 Å². The third-order valence-electron chi connectivity index (χ3n) is 6.63. The topological polar surface area (TPSA) is 114 Å². The molecule has 1 unspecified atom stereocenters. The number of benzene rings is 1. The van der Waals surface area contributed by atoms with E-state index in [0.29, 0.717) is 19.7 Å². The maximum atomic E-state index is 13.6. The highest BCUT2D eigenvalue weighted by Gasteiger charge is 2.42. The Morgan fingerprint density at radius 3 is 2.50 bits per heavy atom. The van der Waals surface area contributed by atoms with Crippen LogP contribution in [0.15, 0.2) is 42.0 Å². The number of hydrogen-bond acceptors (Lipinski definition) is 5. The number of nitrogens with two attached hydrogens (primary N) is 1. The van der Waals surface area contributed by atoms with Gasteiger partial charge in [-0.15, -0.1) is 0 Å². The molecule has 3 rings (SSSR count). The molecule has 1 fully saturated rings. The molecule has 1 aromatic carbocycles. The van der Waals surface area contributed by atoms with Gasteiger partial charge in [-0.25, -0.2) is 0 Å². The third-order valence-corrected chi connectivity index (χ3v) is 6.63. The third kappa shape index (κ3) is 6.45. The van der Waals surface area contributed by atoms with E-state index in [0.717, 1.165) is 43.2 Å². The van der Waals surface area contributed by atoms with Crippen molar-refractivity contribution >= 4 is 17.7 Å². The molecule has 186 valence electrons. The Morgan fingerprint density at radius 2 is 1.88 bits per heavy atom. The molecule has 34 heavy (non-hydrogen) atoms. The summed E-state index contributed by atoms with van der Waals surface area (Å²) >= 11 is 0. The molecule has 1 aromatic rings. The van der Waals surface area contributed by atoms with Crippen LogP contribution in [0.3, 0.4) is 0 Å². The van der Waals surface area contributed by atoms with Crippen LogP contribution in [0.2, 0.25) is 0 Å². The first kappa shape index (κ1) is 25.9. The fourth-order valence-electron chi connectivity index (χ4n) is 4.61. The Balaban J connectivity index is 1.73. The molecule has 1 spiro atoms. The second kappa shape index (κ2) is 11.1. The van der Waals surface area contributed by atoms with Crippen molar-refractivity contribution < 1.29 is 19.1 Å². The van der Waals surface area contributed by atoms with E-state index >= 15 is 0 Å². The molecule has 0 bridgehead atoms. The van der Waals surface area contributed by atoms with Gasteiger partial charge in [-0.05, 0) is 44.7 Å². The van der Waals surface area contributed by atoms with Gasteiger partial charge in [0.2, 0.25) is 17.7 Å². The Kier molecular flexibility index (Phi) is 8.49. The summed E-state index contributed by atoms with van der Waals surface area (Å²) in [6.45, 7) is 6.22. The van der Waals surface area contributed by atoms with Gasteiger partial charge in [0.15, 0.2) is 0 Å². The highest BCUT2D eigenvalue weighted by molar-refractivity contribution is 5.94. The van der Waals surface area contributed by atoms with Crippen LogP contribution in [0.25, 0.3) is 0 Å². The largest absolute Gasteiger partial charge is 0.374 e. The van der Waals surface area contributed by atoms with Gasteiger partial charge >= 0.3 is 0 Å². The summed E-state index contributed by atoms with van der Waals surface area (Å²) in [5.41, 5.74) is 6.40. The van der Waals surface area contributed by atoms with Crippen LogP contribution >= 0.6 is 0 Å². The molecule has 2 aliphatic rings. The first-order valence-electron chi connectivity index (χ1n) is 12.2. The number of ether oxygens (including phenoxy) is 1. The predicted octanol–water partition coefficient (Wildman–Crippen LogP) is 2.03. The van der Waals surface area contributed by atoms with Gasteiger partial charge in [0, 0.05) is 19.2 Å². The smallest absolute Gasteiger partial charge is 0.247 e. The maximum Gasteiger partial charge on any atom is 0.247 e. The lowest BCUT2D eigenvalue weighted by molar-refractivity contribution is -0.139. The summed E-state index contributed by atoms with van der Waals surface area (Å²) in [4.78, 5) is 40.1. The second-order valence-electron chi connectivity index (χ2n) is 9.90. The number of hydrogen-bond donors (Lipinski definition) is 3. The molecule has 1 saturated carbocycles. The monoisotopic (exact) mass is 470 g/mol. The molecule has 0 saturated heterocycles. The Morgan fingerprint density at radius 1 is 1.21 bits per heavy atom. The van der Waals surface area contributed by atoms with Gasteiger partial charge in [0.25, 0.3) is 0 Å². The summed E-state index contributed by atoms with van der Waals surface area (Å²) in [5.74, 6) is -0.772. The summed E-state index contributed by atoms with van der Waals surface area (Å²) in [6, 6.07) is 8.77. The molecule has 1 aliphatic carbocycles. The molecule has 3 amide bonds. The molecule has 1 heterocycles. The number of nitrogens with one attached hydrogen (secondary N) is 2. The molecule has 1 atom stereocenters. The van der Waals surface area contributed by atoms with Crippen molar-refractivity contribution in [3.05, 3.63) is 47.5 Å². The molecule has 8 nitrogen and oxygen atoms in total. The van der Waals surface area contributed by atoms with Crippen molar-refractivity contribution in [1.29, 1.82) is 0 Å². The van der Waals surface area contributed by atoms with E-state index in [1.807, 2.05) is 37.3 Å². The Bertz CT molecular complexity index is 901. The lowest BCUT2D eigenvalue weighted by atomic mass is 9.77. The van der Waals surface area contributed by atoms with Crippen molar-refractivity contribution in [3.63, 3.8) is 0 Å². The number of rotatable bonds is 10. The first-order valence-corrected chi connectivity index (χ1v) is 12.2. The van der Waals surface area contributed by atoms with Gasteiger partial charge in [0.1, 0.15) is 6.04 Å². The highest BCUT2D eigenvalue weighted by Crippen LogP contribution is 2.37. The highest BCUT2D eigenvalue weighted by atomic mass is 16.5. The van der Waals surface area contributed by atoms with Crippen LogP contribution in [0.5, 0.6) is 0 Å². The SMILES string of the molecule is CCN(CC1=CC(=O)NC12CCCCC2)C(=O)C(COCc1ccccc1)NC(=O)C(C)(C)N. The van der Waals surface area contributed by atoms with Crippen molar-refractivity contribution in [3.8, 4) is 0 Å². The average Bonchev–Trinajstić information content (AvgIpc) is 3.10. The zero-order valence-electron chi connectivity index (χ0n) is 20.6. The van der Waals surface area contributed by atoms with Gasteiger partial charge < -0.3 is 26.0 Å². The van der Waals surface area contributed by atoms with E-state index in [2.05, 4.69) is 10.6 Å². The van der Waals surface area contributed by atoms with Crippen LogP contribution < -0.4 is 16.4 Å². The number of carbonyl (C=O) groups excluding carboxylic acids is 3. The van der Waals surface area contributed by atoms with Crippen LogP contribution in [0, 0.1) is 0 Å². The van der Waals surface area contributed by atoms with E-state index in [-0.39, 0.29) is 24.0 Å². The van der Waals surface area contributed by atoms with Gasteiger partial charge in [-0.1, -0.05) is 49.6 Å². The van der Waals surface area contributed by atoms with Crippen LogP contribution in [0.4, 0.5) is 0 Å². The molecular weight excluding hydrogens is 432 g/mol. The number of likely N-dealkylation sites (N-methyl/N-ethyl adjacent to an activating group) is 1. The summed E-state index contributed by atoms with van der Waals surface area (Å²) in [7, 11) is 0. The molecule has 0 aromatic heterocycles. The molecule has 4 N–H and O–H groups in total. The van der Waals surface area contributed by atoms with E-state index in [1.54, 1.807) is 24.8 Å².